The molecule has 3 fully saturated rings. The predicted octanol–water partition coefficient (Wildman–Crippen LogP) is 3.80. The minimum absolute atomic E-state index is 0. The molecule has 1 spiro atoms. The van der Waals surface area contributed by atoms with E-state index in [0.29, 0.717) is 56.7 Å². The fraction of sp³-hybridized carbons (Fsp3) is 0.556. The van der Waals surface area contributed by atoms with Crippen molar-refractivity contribution in [2.24, 2.45) is 5.92 Å². The Morgan fingerprint density at radius 2 is 1.53 bits per heavy atom. The first-order valence-electron chi connectivity index (χ1n) is 17.0. The summed E-state index contributed by atoms with van der Waals surface area (Å²) < 4.78 is 0. The van der Waals surface area contributed by atoms with Crippen LogP contribution in [0, 0.1) is 5.92 Å². The molecule has 1 saturated carbocycles. The van der Waals surface area contributed by atoms with Crippen LogP contribution in [0.25, 0.3) is 0 Å². The van der Waals surface area contributed by atoms with Crippen LogP contribution in [0.2, 0.25) is 0 Å². The van der Waals surface area contributed by atoms with Crippen LogP contribution in [0.5, 0.6) is 0 Å². The maximum Gasteiger partial charge on any atom is 0.251 e. The highest BCUT2D eigenvalue weighted by Gasteiger charge is 2.55. The summed E-state index contributed by atoms with van der Waals surface area (Å²) in [6.45, 7) is 4.99. The lowest BCUT2D eigenvalue weighted by Gasteiger charge is -2.52. The number of amides is 4. The average Bonchev–Trinajstić information content (AvgIpc) is 3.10. The first-order chi connectivity index (χ1) is 22.3. The highest BCUT2D eigenvalue weighted by atomic mass is 35.5. The van der Waals surface area contributed by atoms with Gasteiger partial charge in [-0.1, -0.05) is 56.9 Å². The number of benzene rings is 2. The van der Waals surface area contributed by atoms with Gasteiger partial charge in [-0.15, -0.1) is 12.4 Å². The van der Waals surface area contributed by atoms with Crippen molar-refractivity contribution in [1.82, 2.24) is 25.8 Å². The van der Waals surface area contributed by atoms with Gasteiger partial charge in [0.25, 0.3) is 11.8 Å². The van der Waals surface area contributed by atoms with Crippen LogP contribution in [0.1, 0.15) is 96.6 Å². The number of nitrogens with one attached hydrogen (secondary N) is 3. The molecule has 0 aromatic heterocycles. The van der Waals surface area contributed by atoms with E-state index in [1.54, 1.807) is 19.2 Å². The molecule has 2 heterocycles. The van der Waals surface area contributed by atoms with Crippen molar-refractivity contribution in [2.75, 3.05) is 26.7 Å². The number of piperidine rings is 1. The van der Waals surface area contributed by atoms with E-state index in [-0.39, 0.29) is 42.0 Å². The first kappa shape index (κ1) is 36.4. The lowest BCUT2D eigenvalue weighted by Crippen LogP contribution is -2.75. The Kier molecular flexibility index (Phi) is 12.8. The minimum atomic E-state index is -0.879. The van der Waals surface area contributed by atoms with Gasteiger partial charge in [-0.2, -0.15) is 0 Å². The van der Waals surface area contributed by atoms with Crippen LogP contribution < -0.4 is 16.0 Å². The second kappa shape index (κ2) is 16.6. The van der Waals surface area contributed by atoms with Crippen molar-refractivity contribution >= 4 is 36.0 Å². The Morgan fingerprint density at radius 1 is 0.936 bits per heavy atom. The fourth-order valence-corrected chi connectivity index (χ4v) is 7.26. The van der Waals surface area contributed by atoms with Crippen LogP contribution in [-0.4, -0.2) is 82.9 Å². The van der Waals surface area contributed by atoms with Crippen LogP contribution >= 0.6 is 12.4 Å². The van der Waals surface area contributed by atoms with E-state index >= 15 is 0 Å². The largest absolute Gasteiger partial charge is 0.390 e. The summed E-state index contributed by atoms with van der Waals surface area (Å²) in [5.41, 5.74) is 2.23. The SMILES string of the molecule is CCCCN1C(=O)[C@@H]([C@H](O)C2CCCCC2)NC(=O)C12CCN(Cc1ccc(C(=O)NCc3ccc(C(=O)NC)cc3)cc1)CC2.Cl. The summed E-state index contributed by atoms with van der Waals surface area (Å²) >= 11 is 0. The Labute approximate surface area is 284 Å². The van der Waals surface area contributed by atoms with Gasteiger partial charge in [0.05, 0.1) is 6.10 Å². The zero-order valence-electron chi connectivity index (χ0n) is 27.6. The van der Waals surface area contributed by atoms with E-state index < -0.39 is 17.7 Å². The monoisotopic (exact) mass is 667 g/mol. The van der Waals surface area contributed by atoms with Crippen molar-refractivity contribution in [3.63, 3.8) is 0 Å². The number of carbonyl (C=O) groups excluding carboxylic acids is 4. The quantitative estimate of drug-likeness (QED) is 0.289. The molecule has 2 aromatic carbocycles. The van der Waals surface area contributed by atoms with E-state index in [4.69, 9.17) is 0 Å². The zero-order valence-corrected chi connectivity index (χ0v) is 28.4. The van der Waals surface area contributed by atoms with E-state index in [9.17, 15) is 24.3 Å². The minimum Gasteiger partial charge on any atom is -0.390 e. The van der Waals surface area contributed by atoms with E-state index in [0.717, 1.165) is 56.1 Å². The Balaban J connectivity index is 0.00000500. The van der Waals surface area contributed by atoms with Crippen molar-refractivity contribution < 1.29 is 24.3 Å². The molecular formula is C36H50ClN5O5. The van der Waals surface area contributed by atoms with Gasteiger partial charge in [-0.3, -0.25) is 24.1 Å². The molecular weight excluding hydrogens is 618 g/mol. The number of halogens is 1. The summed E-state index contributed by atoms with van der Waals surface area (Å²) in [7, 11) is 1.59. The highest BCUT2D eigenvalue weighted by Crippen LogP contribution is 2.36. The zero-order chi connectivity index (χ0) is 32.7. The number of hydrogen-bond donors (Lipinski definition) is 4. The molecule has 0 bridgehead atoms. The number of rotatable bonds is 11. The van der Waals surface area contributed by atoms with Crippen LogP contribution in [0.3, 0.4) is 0 Å². The average molecular weight is 668 g/mol. The summed E-state index contributed by atoms with van der Waals surface area (Å²) in [6.07, 6.45) is 7.07. The second-order valence-electron chi connectivity index (χ2n) is 13.1. The molecule has 5 rings (SSSR count). The van der Waals surface area contributed by atoms with Crippen molar-refractivity contribution in [1.29, 1.82) is 0 Å². The molecule has 0 radical (unpaired) electrons. The number of nitrogens with zero attached hydrogens (tertiary/aromatic N) is 2. The van der Waals surface area contributed by atoms with Gasteiger partial charge >= 0.3 is 0 Å². The molecule has 4 amide bonds. The van der Waals surface area contributed by atoms with Crippen LogP contribution in [-0.2, 0) is 22.7 Å². The summed E-state index contributed by atoms with van der Waals surface area (Å²) in [5.74, 6) is -0.524. The number of unbranched alkanes of at least 4 members (excludes halogenated alkanes) is 1. The first-order valence-corrected chi connectivity index (χ1v) is 17.0. The van der Waals surface area contributed by atoms with Crippen molar-refractivity contribution in [3.05, 3.63) is 70.8 Å². The lowest BCUT2D eigenvalue weighted by molar-refractivity contribution is -0.166. The Morgan fingerprint density at radius 3 is 2.13 bits per heavy atom. The van der Waals surface area contributed by atoms with Crippen LogP contribution in [0.4, 0.5) is 0 Å². The van der Waals surface area contributed by atoms with Gasteiger partial charge in [0.15, 0.2) is 0 Å². The molecule has 10 nitrogen and oxygen atoms in total. The number of likely N-dealkylation sites (tertiary alicyclic amines) is 1. The van der Waals surface area contributed by atoms with Gasteiger partial charge in [-0.05, 0) is 73.4 Å². The van der Waals surface area contributed by atoms with Gasteiger partial charge in [-0.25, -0.2) is 0 Å². The van der Waals surface area contributed by atoms with Gasteiger partial charge in [0.1, 0.15) is 11.6 Å². The lowest BCUT2D eigenvalue weighted by atomic mass is 9.78. The number of piperazine rings is 1. The summed E-state index contributed by atoms with van der Waals surface area (Å²) in [5, 5.41) is 19.7. The number of hydrogen-bond acceptors (Lipinski definition) is 6. The smallest absolute Gasteiger partial charge is 0.251 e. The Bertz CT molecular complexity index is 1370. The topological polar surface area (TPSA) is 131 Å². The number of aliphatic hydroxyl groups excluding tert-OH is 1. The van der Waals surface area contributed by atoms with E-state index in [1.807, 2.05) is 41.3 Å². The molecule has 4 N–H and O–H groups in total. The van der Waals surface area contributed by atoms with Gasteiger partial charge < -0.3 is 26.0 Å². The molecule has 2 atom stereocenters. The summed E-state index contributed by atoms with van der Waals surface area (Å²) in [4.78, 5) is 56.2. The van der Waals surface area contributed by atoms with Gasteiger partial charge in [0.2, 0.25) is 11.8 Å². The fourth-order valence-electron chi connectivity index (χ4n) is 7.26. The van der Waals surface area contributed by atoms with E-state index in [1.165, 1.54) is 0 Å². The summed E-state index contributed by atoms with van der Waals surface area (Å²) in [6, 6.07) is 13.8. The van der Waals surface area contributed by atoms with Crippen LogP contribution in [0.15, 0.2) is 48.5 Å². The molecule has 2 saturated heterocycles. The Hall–Kier alpha value is -3.47. The third-order valence-corrected chi connectivity index (χ3v) is 10.2. The molecule has 256 valence electrons. The molecule has 0 unspecified atom stereocenters. The van der Waals surface area contributed by atoms with E-state index in [2.05, 4.69) is 27.8 Å². The van der Waals surface area contributed by atoms with Crippen molar-refractivity contribution in [3.8, 4) is 0 Å². The number of aliphatic hydroxyl groups is 1. The molecule has 2 aromatic rings. The number of carbonyl (C=O) groups is 4. The van der Waals surface area contributed by atoms with Crippen molar-refractivity contribution in [2.45, 2.75) is 95.5 Å². The maximum atomic E-state index is 13.9. The molecule has 47 heavy (non-hydrogen) atoms. The maximum absolute atomic E-state index is 13.9. The third kappa shape index (κ3) is 8.34. The second-order valence-corrected chi connectivity index (χ2v) is 13.1. The standard InChI is InChI=1S/C36H49N5O5.ClH/c1-3-4-20-41-34(45)30(31(42)27-8-6-5-7-9-27)39-35(46)36(41)18-21-40(22-19-36)24-26-12-16-29(17-13-26)33(44)38-23-25-10-14-28(15-11-25)32(43)37-2;/h10-17,27,30-31,42H,3-9,18-24H2,1-2H3,(H,37,43)(H,38,44)(H,39,46);1H/t30-,31-;/m1./s1. The molecule has 1 aliphatic carbocycles. The molecule has 3 aliphatic rings. The molecule has 11 heteroatoms. The van der Waals surface area contributed by atoms with Gasteiger partial charge in [0, 0.05) is 50.9 Å². The normalized spacial score (nSPS) is 20.7. The third-order valence-electron chi connectivity index (χ3n) is 10.2. The highest BCUT2D eigenvalue weighted by molar-refractivity contribution is 6.00. The predicted molar refractivity (Wildman–Crippen MR) is 183 cm³/mol. The molecule has 2 aliphatic heterocycles.